The molecule has 0 bridgehead atoms. The highest BCUT2D eigenvalue weighted by atomic mass is 35.5. The summed E-state index contributed by atoms with van der Waals surface area (Å²) in [6.45, 7) is 19.2. The molecule has 0 aliphatic carbocycles. The van der Waals surface area contributed by atoms with Crippen molar-refractivity contribution in [3.63, 3.8) is 0 Å². The summed E-state index contributed by atoms with van der Waals surface area (Å²) >= 11 is 16.8. The van der Waals surface area contributed by atoms with E-state index in [1.54, 1.807) is 0 Å². The van der Waals surface area contributed by atoms with Crippen molar-refractivity contribution in [3.05, 3.63) is 40.2 Å². The van der Waals surface area contributed by atoms with Crippen molar-refractivity contribution in [1.82, 2.24) is 35.1 Å². The summed E-state index contributed by atoms with van der Waals surface area (Å²) in [4.78, 5) is 45.7. The molecule has 2 amide bonds. The van der Waals surface area contributed by atoms with Gasteiger partial charge in [-0.1, -0.05) is 34.8 Å². The molecule has 6 heterocycles. The van der Waals surface area contributed by atoms with Gasteiger partial charge in [-0.15, -0.1) is 0 Å². The van der Waals surface area contributed by atoms with E-state index in [4.69, 9.17) is 44.3 Å². The molecule has 2 aromatic heterocycles. The van der Waals surface area contributed by atoms with Crippen LogP contribution in [0.15, 0.2) is 24.8 Å². The summed E-state index contributed by atoms with van der Waals surface area (Å²) in [5, 5.41) is 4.65. The van der Waals surface area contributed by atoms with Crippen LogP contribution < -0.4 is 10.2 Å². The molecule has 4 saturated heterocycles. The third-order valence-corrected chi connectivity index (χ3v) is 10.8. The molecule has 1 N–H and O–H groups in total. The Morgan fingerprint density at radius 1 is 0.585 bits per heavy atom. The number of nitrogens with one attached hydrogen (secondary N) is 1. The van der Waals surface area contributed by atoms with E-state index < -0.39 is 5.60 Å². The number of ether oxygens (including phenoxy) is 2. The zero-order chi connectivity index (χ0) is 38.6. The van der Waals surface area contributed by atoms with Gasteiger partial charge in [0.25, 0.3) is 0 Å². The van der Waals surface area contributed by atoms with Crippen LogP contribution in [0.2, 0.25) is 15.5 Å². The van der Waals surface area contributed by atoms with Crippen molar-refractivity contribution < 1.29 is 19.1 Å². The minimum atomic E-state index is -0.426. The fourth-order valence-corrected chi connectivity index (χ4v) is 7.98. The second-order valence-corrected chi connectivity index (χ2v) is 17.5. The molecule has 0 saturated carbocycles. The molecule has 6 rings (SSSR count). The van der Waals surface area contributed by atoms with Crippen LogP contribution in [-0.2, 0) is 9.47 Å². The number of nitrogens with zero attached hydrogens (tertiary/aromatic N) is 7. The van der Waals surface area contributed by atoms with Crippen LogP contribution in [0.1, 0.15) is 92.9 Å². The van der Waals surface area contributed by atoms with Crippen LogP contribution in [0.25, 0.3) is 0 Å². The standard InChI is InChI=1S/C19H29ClN4O2.C15H28N2O2.C4H2Cl2N2/c1-19(2,3)26-18(25)24-10-6-15(7-11-24)14-4-8-23(9-5-14)17-12-16(20)21-13-22-17;1-15(2,3)19-14(18)17-10-6-13(7-11-17)12-4-8-16-9-5-12;5-3-1-4(6)8-2-7-3/h12-15H,4-11H2,1-3H3;12-13,16H,4-11H2,1-3H3;1-2H. The van der Waals surface area contributed by atoms with Gasteiger partial charge in [0.05, 0.1) is 0 Å². The second-order valence-electron chi connectivity index (χ2n) is 16.4. The molecule has 0 unspecified atom stereocenters. The summed E-state index contributed by atoms with van der Waals surface area (Å²) < 4.78 is 10.9. The van der Waals surface area contributed by atoms with Gasteiger partial charge >= 0.3 is 12.2 Å². The van der Waals surface area contributed by atoms with Gasteiger partial charge in [0.15, 0.2) is 0 Å². The number of carbonyl (C=O) groups excluding carboxylic acids is 2. The first-order valence-electron chi connectivity index (χ1n) is 19.1. The lowest BCUT2D eigenvalue weighted by Crippen LogP contribution is -2.44. The van der Waals surface area contributed by atoms with Gasteiger partial charge in [-0.25, -0.2) is 29.5 Å². The molecule has 0 aromatic carbocycles. The minimum absolute atomic E-state index is 0.142. The monoisotopic (exact) mass is 796 g/mol. The maximum Gasteiger partial charge on any atom is 0.410 e. The number of amides is 2. The van der Waals surface area contributed by atoms with Gasteiger partial charge in [-0.3, -0.25) is 0 Å². The van der Waals surface area contributed by atoms with E-state index in [1.807, 2.05) is 57.4 Å². The highest BCUT2D eigenvalue weighted by Gasteiger charge is 2.33. The van der Waals surface area contributed by atoms with Crippen molar-refractivity contribution in [2.45, 2.75) is 104 Å². The highest BCUT2D eigenvalue weighted by molar-refractivity contribution is 6.33. The lowest BCUT2D eigenvalue weighted by Gasteiger charge is -2.40. The fraction of sp³-hybridized carbons (Fsp3) is 0.737. The van der Waals surface area contributed by atoms with Crippen molar-refractivity contribution in [2.75, 3.05) is 57.3 Å². The number of aromatic nitrogens is 4. The first-order chi connectivity index (χ1) is 25.1. The maximum atomic E-state index is 12.2. The predicted octanol–water partition coefficient (Wildman–Crippen LogP) is 8.41. The Labute approximate surface area is 331 Å². The fourth-order valence-electron chi connectivity index (χ4n) is 7.48. The minimum Gasteiger partial charge on any atom is -0.444 e. The Morgan fingerprint density at radius 2 is 0.943 bits per heavy atom. The number of rotatable bonds is 3. The van der Waals surface area contributed by atoms with Crippen LogP contribution in [0.3, 0.4) is 0 Å². The van der Waals surface area contributed by atoms with E-state index >= 15 is 0 Å². The first-order valence-corrected chi connectivity index (χ1v) is 20.2. The molecule has 0 atom stereocenters. The quantitative estimate of drug-likeness (QED) is 0.303. The van der Waals surface area contributed by atoms with Crippen LogP contribution >= 0.6 is 34.8 Å². The van der Waals surface area contributed by atoms with Gasteiger partial charge in [0.1, 0.15) is 45.1 Å². The topological polar surface area (TPSA) is 126 Å². The smallest absolute Gasteiger partial charge is 0.410 e. The van der Waals surface area contributed by atoms with Gasteiger partial charge in [0, 0.05) is 51.4 Å². The Balaban J connectivity index is 0.000000202. The second kappa shape index (κ2) is 20.3. The Kier molecular flexibility index (Phi) is 16.5. The van der Waals surface area contributed by atoms with Crippen LogP contribution in [0.4, 0.5) is 15.4 Å². The largest absolute Gasteiger partial charge is 0.444 e. The molecule has 15 heteroatoms. The van der Waals surface area contributed by atoms with E-state index in [1.165, 1.54) is 44.4 Å². The van der Waals surface area contributed by atoms with E-state index in [9.17, 15) is 9.59 Å². The van der Waals surface area contributed by atoms with Crippen molar-refractivity contribution in [2.24, 2.45) is 23.7 Å². The lowest BCUT2D eigenvalue weighted by molar-refractivity contribution is 0.0142. The van der Waals surface area contributed by atoms with E-state index in [2.05, 4.69) is 30.2 Å². The van der Waals surface area contributed by atoms with Crippen molar-refractivity contribution >= 4 is 52.8 Å². The molecule has 2 aromatic rings. The van der Waals surface area contributed by atoms with Gasteiger partial charge in [-0.05, 0) is 130 Å². The molecule has 53 heavy (non-hydrogen) atoms. The summed E-state index contributed by atoms with van der Waals surface area (Å²) in [5.41, 5.74) is -0.812. The third-order valence-electron chi connectivity index (χ3n) is 10.2. The zero-order valence-electron chi connectivity index (χ0n) is 32.3. The summed E-state index contributed by atoms with van der Waals surface area (Å²) in [6.07, 6.45) is 11.9. The Bertz CT molecular complexity index is 1410. The molecular weight excluding hydrogens is 739 g/mol. The van der Waals surface area contributed by atoms with Gasteiger partial charge in [-0.2, -0.15) is 0 Å². The highest BCUT2D eigenvalue weighted by Crippen LogP contribution is 2.34. The number of likely N-dealkylation sites (tertiary alicyclic amines) is 2. The molecule has 0 radical (unpaired) electrons. The van der Waals surface area contributed by atoms with Crippen LogP contribution in [-0.4, -0.2) is 105 Å². The molecule has 4 aliphatic heterocycles. The average Bonchev–Trinajstić information content (AvgIpc) is 3.11. The van der Waals surface area contributed by atoms with Gasteiger partial charge in [0.2, 0.25) is 0 Å². The number of piperidine rings is 4. The van der Waals surface area contributed by atoms with E-state index in [0.29, 0.717) is 21.4 Å². The molecule has 4 aliphatic rings. The number of halogens is 3. The third kappa shape index (κ3) is 15.2. The number of hydrogen-bond acceptors (Lipinski definition) is 10. The molecule has 296 valence electrons. The van der Waals surface area contributed by atoms with Crippen LogP contribution in [0.5, 0.6) is 0 Å². The Morgan fingerprint density at radius 3 is 1.30 bits per heavy atom. The maximum absolute atomic E-state index is 12.2. The molecule has 4 fully saturated rings. The zero-order valence-corrected chi connectivity index (χ0v) is 34.6. The summed E-state index contributed by atoms with van der Waals surface area (Å²) in [7, 11) is 0. The molecular formula is C38H59Cl3N8O4. The van der Waals surface area contributed by atoms with Crippen LogP contribution in [0, 0.1) is 23.7 Å². The predicted molar refractivity (Wildman–Crippen MR) is 211 cm³/mol. The molecule has 0 spiro atoms. The molecule has 12 nitrogen and oxygen atoms in total. The van der Waals surface area contributed by atoms with Crippen molar-refractivity contribution in [1.29, 1.82) is 0 Å². The number of carbonyl (C=O) groups is 2. The van der Waals surface area contributed by atoms with Crippen molar-refractivity contribution in [3.8, 4) is 0 Å². The van der Waals surface area contributed by atoms with E-state index in [0.717, 1.165) is 102 Å². The lowest BCUT2D eigenvalue weighted by atomic mass is 9.79. The SMILES string of the molecule is CC(C)(C)OC(=O)N1CCC(C2CCN(c3cc(Cl)ncn3)CC2)CC1.CC(C)(C)OC(=O)N1CCC(C2CCNCC2)CC1.Clc1cc(Cl)ncn1. The number of hydrogen-bond donors (Lipinski definition) is 1. The average molecular weight is 798 g/mol. The Hall–Kier alpha value is -2.67. The number of anilines is 1. The van der Waals surface area contributed by atoms with E-state index in [-0.39, 0.29) is 17.8 Å². The summed E-state index contributed by atoms with van der Waals surface area (Å²) in [5.74, 6) is 4.01. The van der Waals surface area contributed by atoms with Gasteiger partial charge < -0.3 is 29.5 Å². The first kappa shape index (κ1) is 43.1. The normalized spacial score (nSPS) is 19.8. The summed E-state index contributed by atoms with van der Waals surface area (Å²) in [6, 6.07) is 3.31.